The summed E-state index contributed by atoms with van der Waals surface area (Å²) < 4.78 is 5.35. The van der Waals surface area contributed by atoms with Gasteiger partial charge < -0.3 is 20.1 Å². The van der Waals surface area contributed by atoms with Crippen LogP contribution >= 0.6 is 0 Å². The van der Waals surface area contributed by atoms with Gasteiger partial charge in [-0.05, 0) is 73.9 Å². The van der Waals surface area contributed by atoms with E-state index in [1.54, 1.807) is 20.2 Å². The lowest BCUT2D eigenvalue weighted by Crippen LogP contribution is -2.54. The molecule has 198 valence electrons. The molecular formula is C29H42N2O5. The standard InChI is InChI=1S/C20H24N2O2.C9H18O3/c1-3-13-12-22-9-7-14(13)10-19(22)20(23)16-6-8-21-18-5-4-15(24-2)11-17(16)18;1-3-5-6-9(4-2,7-10)8(11)12/h3-6,8,11,13-14,19-20,23H,1,7,9-10,12H2,2H3;10H,3-7H2,1-2H3,(H,11,12)/t13?,14?,19?,20-;9-/m01/s1. The van der Waals surface area contributed by atoms with Gasteiger partial charge in [0.15, 0.2) is 0 Å². The Hall–Kier alpha value is -2.48. The maximum absolute atomic E-state index is 11.2. The molecule has 0 saturated carbocycles. The van der Waals surface area contributed by atoms with Crippen LogP contribution in [0.4, 0.5) is 0 Å². The Labute approximate surface area is 214 Å². The van der Waals surface area contributed by atoms with Crippen LogP contribution in [0, 0.1) is 17.3 Å². The van der Waals surface area contributed by atoms with Gasteiger partial charge in [0.25, 0.3) is 0 Å². The minimum atomic E-state index is -0.893. The number of piperidine rings is 3. The number of hydrogen-bond acceptors (Lipinski definition) is 6. The summed E-state index contributed by atoms with van der Waals surface area (Å²) in [4.78, 5) is 17.7. The third-order valence-corrected chi connectivity index (χ3v) is 8.26. The first-order valence-electron chi connectivity index (χ1n) is 13.2. The fraction of sp³-hybridized carbons (Fsp3) is 0.586. The first-order valence-corrected chi connectivity index (χ1v) is 13.2. The van der Waals surface area contributed by atoms with E-state index in [-0.39, 0.29) is 12.6 Å². The van der Waals surface area contributed by atoms with Gasteiger partial charge in [0, 0.05) is 24.2 Å². The van der Waals surface area contributed by atoms with Gasteiger partial charge >= 0.3 is 5.97 Å². The molecule has 1 aromatic heterocycles. The van der Waals surface area contributed by atoms with Crippen molar-refractivity contribution >= 4 is 16.9 Å². The number of aliphatic hydroxyl groups excluding tert-OH is 2. The SMILES string of the molecule is C=CC1CN2CCC1CC2[C@@H](O)c1ccnc2ccc(OC)cc12.CCCC[C@](CC)(CO)C(=O)O. The number of nitrogens with zero attached hydrogens (tertiary/aromatic N) is 2. The first-order chi connectivity index (χ1) is 17.3. The van der Waals surface area contributed by atoms with Crippen LogP contribution in [0.5, 0.6) is 5.75 Å². The third kappa shape index (κ3) is 5.90. The summed E-state index contributed by atoms with van der Waals surface area (Å²) in [6.07, 6.45) is 8.52. The molecular weight excluding hydrogens is 456 g/mol. The zero-order valence-electron chi connectivity index (χ0n) is 21.9. The third-order valence-electron chi connectivity index (χ3n) is 8.26. The highest BCUT2D eigenvalue weighted by Gasteiger charge is 2.42. The minimum Gasteiger partial charge on any atom is -0.497 e. The molecule has 3 fully saturated rings. The molecule has 3 aliphatic rings. The molecule has 2 aromatic rings. The van der Waals surface area contributed by atoms with Crippen molar-refractivity contribution in [2.75, 3.05) is 26.8 Å². The summed E-state index contributed by atoms with van der Waals surface area (Å²) in [5.41, 5.74) is 0.953. The lowest BCUT2D eigenvalue weighted by Gasteiger charge is -2.50. The van der Waals surface area contributed by atoms with E-state index in [4.69, 9.17) is 14.9 Å². The molecule has 5 rings (SSSR count). The number of fused-ring (bicyclic) bond motifs is 4. The number of methoxy groups -OCH3 is 1. The highest BCUT2D eigenvalue weighted by atomic mass is 16.5. The summed E-state index contributed by atoms with van der Waals surface area (Å²) in [5.74, 6) is 1.13. The van der Waals surface area contributed by atoms with Crippen molar-refractivity contribution in [1.29, 1.82) is 0 Å². The number of carboxylic acid groups (broad SMARTS) is 1. The summed E-state index contributed by atoms with van der Waals surface area (Å²) in [7, 11) is 1.66. The van der Waals surface area contributed by atoms with Crippen molar-refractivity contribution in [3.8, 4) is 5.75 Å². The van der Waals surface area contributed by atoms with E-state index < -0.39 is 17.5 Å². The van der Waals surface area contributed by atoms with Crippen LogP contribution in [-0.2, 0) is 4.79 Å². The number of aromatic nitrogens is 1. The molecule has 7 nitrogen and oxygen atoms in total. The van der Waals surface area contributed by atoms with Crippen LogP contribution in [0.1, 0.15) is 64.0 Å². The zero-order valence-corrected chi connectivity index (χ0v) is 21.9. The van der Waals surface area contributed by atoms with Crippen molar-refractivity contribution in [1.82, 2.24) is 9.88 Å². The number of carbonyl (C=O) groups is 1. The molecule has 3 saturated heterocycles. The fourth-order valence-electron chi connectivity index (χ4n) is 5.65. The van der Waals surface area contributed by atoms with Crippen LogP contribution in [0.25, 0.3) is 10.9 Å². The summed E-state index contributed by atoms with van der Waals surface area (Å²) in [5, 5.41) is 30.0. The van der Waals surface area contributed by atoms with E-state index in [9.17, 15) is 9.90 Å². The topological polar surface area (TPSA) is 103 Å². The predicted octanol–water partition coefficient (Wildman–Crippen LogP) is 4.82. The second-order valence-corrected chi connectivity index (χ2v) is 10.2. The second kappa shape index (κ2) is 12.7. The molecule has 4 heterocycles. The van der Waals surface area contributed by atoms with Crippen LogP contribution in [0.15, 0.2) is 43.1 Å². The van der Waals surface area contributed by atoms with Gasteiger partial charge in [-0.15, -0.1) is 6.58 Å². The first kappa shape index (κ1) is 28.1. The van der Waals surface area contributed by atoms with Crippen LogP contribution in [0.2, 0.25) is 0 Å². The second-order valence-electron chi connectivity index (χ2n) is 10.2. The molecule has 4 unspecified atom stereocenters. The van der Waals surface area contributed by atoms with Crippen LogP contribution in [-0.4, -0.2) is 64.0 Å². The molecule has 0 aliphatic carbocycles. The molecule has 3 aliphatic heterocycles. The van der Waals surface area contributed by atoms with Crippen molar-refractivity contribution in [2.24, 2.45) is 17.3 Å². The van der Waals surface area contributed by atoms with Crippen LogP contribution in [0.3, 0.4) is 0 Å². The van der Waals surface area contributed by atoms with Gasteiger partial charge in [-0.1, -0.05) is 32.8 Å². The van der Waals surface area contributed by atoms with Gasteiger partial charge in [0.1, 0.15) is 5.75 Å². The fourth-order valence-corrected chi connectivity index (χ4v) is 5.65. The maximum Gasteiger partial charge on any atom is 0.311 e. The Bertz CT molecular complexity index is 1020. The smallest absolute Gasteiger partial charge is 0.311 e. The highest BCUT2D eigenvalue weighted by molar-refractivity contribution is 5.84. The highest BCUT2D eigenvalue weighted by Crippen LogP contribution is 2.42. The molecule has 1 aromatic carbocycles. The Morgan fingerprint density at radius 1 is 1.36 bits per heavy atom. The van der Waals surface area contributed by atoms with Gasteiger partial charge in [-0.25, -0.2) is 0 Å². The number of rotatable bonds is 10. The van der Waals surface area contributed by atoms with Gasteiger partial charge in [-0.2, -0.15) is 0 Å². The van der Waals surface area contributed by atoms with Crippen molar-refractivity contribution in [2.45, 2.75) is 64.5 Å². The average Bonchev–Trinajstić information content (AvgIpc) is 2.93. The number of aliphatic carboxylic acids is 1. The zero-order chi connectivity index (χ0) is 26.3. The summed E-state index contributed by atoms with van der Waals surface area (Å²) in [6, 6.07) is 7.96. The van der Waals surface area contributed by atoms with Crippen LogP contribution < -0.4 is 4.74 Å². The van der Waals surface area contributed by atoms with Gasteiger partial charge in [0.2, 0.25) is 0 Å². The number of unbranched alkanes of at least 4 members (excludes halogenated alkanes) is 1. The Morgan fingerprint density at radius 3 is 2.69 bits per heavy atom. The Kier molecular flexibility index (Phi) is 9.88. The van der Waals surface area contributed by atoms with Crippen molar-refractivity contribution in [3.63, 3.8) is 0 Å². The van der Waals surface area contributed by atoms with Crippen molar-refractivity contribution < 1.29 is 24.9 Å². The Morgan fingerprint density at radius 2 is 2.14 bits per heavy atom. The molecule has 7 heteroatoms. The number of pyridine rings is 1. The van der Waals surface area contributed by atoms with E-state index in [0.29, 0.717) is 24.7 Å². The number of hydrogen-bond donors (Lipinski definition) is 3. The largest absolute Gasteiger partial charge is 0.497 e. The monoisotopic (exact) mass is 498 g/mol. The van der Waals surface area contributed by atoms with E-state index >= 15 is 0 Å². The lowest BCUT2D eigenvalue weighted by atomic mass is 9.73. The molecule has 0 radical (unpaired) electrons. The van der Waals surface area contributed by atoms with E-state index in [1.165, 1.54) is 6.42 Å². The normalized spacial score (nSPS) is 25.4. The summed E-state index contributed by atoms with van der Waals surface area (Å²) in [6.45, 7) is 9.64. The predicted molar refractivity (Wildman–Crippen MR) is 142 cm³/mol. The summed E-state index contributed by atoms with van der Waals surface area (Å²) >= 11 is 0. The lowest BCUT2D eigenvalue weighted by molar-refractivity contribution is -0.152. The molecule has 6 atom stereocenters. The number of benzene rings is 1. The average molecular weight is 499 g/mol. The Balaban J connectivity index is 0.000000257. The molecule has 0 spiro atoms. The van der Waals surface area contributed by atoms with Gasteiger partial charge in [0.05, 0.1) is 30.8 Å². The molecule has 36 heavy (non-hydrogen) atoms. The van der Waals surface area contributed by atoms with E-state index in [1.807, 2.05) is 31.2 Å². The number of ether oxygens (including phenoxy) is 1. The number of aliphatic hydroxyl groups is 2. The quantitative estimate of drug-likeness (QED) is 0.404. The molecule has 2 bridgehead atoms. The van der Waals surface area contributed by atoms with E-state index in [0.717, 1.165) is 54.6 Å². The maximum atomic E-state index is 11.2. The van der Waals surface area contributed by atoms with E-state index in [2.05, 4.69) is 22.5 Å². The number of carboxylic acids is 1. The van der Waals surface area contributed by atoms with Crippen molar-refractivity contribution in [3.05, 3.63) is 48.7 Å². The molecule has 0 amide bonds. The minimum absolute atomic E-state index is 0.178. The van der Waals surface area contributed by atoms with Gasteiger partial charge in [-0.3, -0.25) is 14.7 Å². The molecule has 3 N–H and O–H groups in total.